The van der Waals surface area contributed by atoms with Crippen molar-refractivity contribution in [2.75, 3.05) is 25.6 Å². The third-order valence-electron chi connectivity index (χ3n) is 2.91. The van der Waals surface area contributed by atoms with Gasteiger partial charge in [0.2, 0.25) is 0 Å². The third kappa shape index (κ3) is 6.27. The van der Waals surface area contributed by atoms with Crippen molar-refractivity contribution in [3.8, 4) is 5.75 Å². The highest BCUT2D eigenvalue weighted by molar-refractivity contribution is 6.17. The zero-order valence-electron chi connectivity index (χ0n) is 11.4. The van der Waals surface area contributed by atoms with Crippen LogP contribution < -0.4 is 4.74 Å². The smallest absolute Gasteiger partial charge is 0.119 e. The molecule has 1 aromatic carbocycles. The minimum Gasteiger partial charge on any atom is -0.494 e. The molecule has 0 amide bonds. The lowest BCUT2D eigenvalue weighted by atomic mass is 10.2. The molecule has 0 aliphatic heterocycles. The van der Waals surface area contributed by atoms with Gasteiger partial charge >= 0.3 is 0 Å². The summed E-state index contributed by atoms with van der Waals surface area (Å²) >= 11 is 5.74. The Balaban J connectivity index is 2.18. The fourth-order valence-corrected chi connectivity index (χ4v) is 1.98. The van der Waals surface area contributed by atoms with E-state index in [1.807, 2.05) is 30.3 Å². The molecule has 0 bridgehead atoms. The second-order valence-corrected chi connectivity index (χ2v) is 5.07. The van der Waals surface area contributed by atoms with Crippen LogP contribution in [-0.4, -0.2) is 36.5 Å². The number of nitrogens with zero attached hydrogens (tertiary/aromatic N) is 1. The predicted octanol–water partition coefficient (Wildman–Crippen LogP) is 3.79. The molecule has 0 saturated heterocycles. The van der Waals surface area contributed by atoms with Gasteiger partial charge in [-0.3, -0.25) is 0 Å². The molecule has 1 aromatic rings. The summed E-state index contributed by atoms with van der Waals surface area (Å²) in [7, 11) is 0. The van der Waals surface area contributed by atoms with E-state index in [0.29, 0.717) is 6.04 Å². The first-order valence-corrected chi connectivity index (χ1v) is 7.25. The molecule has 0 spiro atoms. The lowest BCUT2D eigenvalue weighted by Gasteiger charge is -2.26. The Bertz CT molecular complexity index is 303. The minimum atomic E-state index is 0.574. The summed E-state index contributed by atoms with van der Waals surface area (Å²) in [4.78, 5) is 2.46. The molecule has 3 heteroatoms. The van der Waals surface area contributed by atoms with E-state index in [4.69, 9.17) is 16.3 Å². The number of benzene rings is 1. The Morgan fingerprint density at radius 2 is 1.78 bits per heavy atom. The Morgan fingerprint density at radius 3 is 2.39 bits per heavy atom. The zero-order valence-corrected chi connectivity index (χ0v) is 12.2. The molecule has 2 nitrogen and oxygen atoms in total. The van der Waals surface area contributed by atoms with Gasteiger partial charge < -0.3 is 9.64 Å². The number of para-hydroxylation sites is 1. The van der Waals surface area contributed by atoms with Crippen LogP contribution in [0.2, 0.25) is 0 Å². The standard InChI is InChI=1S/C15H24ClNO/c1-14(2)17(11-6-10-16)12-7-13-18-15-8-4-3-5-9-15/h3-5,8-9,14H,6-7,10-13H2,1-2H3. The molecule has 0 atom stereocenters. The fourth-order valence-electron chi connectivity index (χ4n) is 1.87. The van der Waals surface area contributed by atoms with Crippen LogP contribution in [0.1, 0.15) is 26.7 Å². The summed E-state index contributed by atoms with van der Waals surface area (Å²) in [6.45, 7) is 7.38. The van der Waals surface area contributed by atoms with Gasteiger partial charge in [-0.2, -0.15) is 0 Å². The normalized spacial score (nSPS) is 11.2. The van der Waals surface area contributed by atoms with E-state index in [1.165, 1.54) is 0 Å². The number of halogens is 1. The number of hydrogen-bond donors (Lipinski definition) is 0. The molecule has 18 heavy (non-hydrogen) atoms. The molecule has 102 valence electrons. The van der Waals surface area contributed by atoms with Crippen molar-refractivity contribution in [1.82, 2.24) is 4.90 Å². The maximum atomic E-state index is 5.74. The average molecular weight is 270 g/mol. The largest absolute Gasteiger partial charge is 0.494 e. The number of rotatable bonds is 9. The van der Waals surface area contributed by atoms with Crippen molar-refractivity contribution in [2.45, 2.75) is 32.7 Å². The molecule has 1 rings (SSSR count). The maximum absolute atomic E-state index is 5.74. The SMILES string of the molecule is CC(C)N(CCCCl)CCCOc1ccccc1. The maximum Gasteiger partial charge on any atom is 0.119 e. The van der Waals surface area contributed by atoms with Crippen LogP contribution in [0, 0.1) is 0 Å². The van der Waals surface area contributed by atoms with E-state index >= 15 is 0 Å². The van der Waals surface area contributed by atoms with Crippen LogP contribution in [0.25, 0.3) is 0 Å². The van der Waals surface area contributed by atoms with Crippen molar-refractivity contribution < 1.29 is 4.74 Å². The van der Waals surface area contributed by atoms with Crippen LogP contribution in [0.4, 0.5) is 0 Å². The number of ether oxygens (including phenoxy) is 1. The van der Waals surface area contributed by atoms with E-state index in [2.05, 4.69) is 18.7 Å². The van der Waals surface area contributed by atoms with Crippen molar-refractivity contribution in [2.24, 2.45) is 0 Å². The Labute approximate surface area is 116 Å². The summed E-state index contributed by atoms with van der Waals surface area (Å²) in [5.74, 6) is 1.69. The van der Waals surface area contributed by atoms with Crippen molar-refractivity contribution in [1.29, 1.82) is 0 Å². The zero-order chi connectivity index (χ0) is 13.2. The minimum absolute atomic E-state index is 0.574. The van der Waals surface area contributed by atoms with E-state index in [1.54, 1.807) is 0 Å². The second kappa shape index (κ2) is 9.23. The Kier molecular flexibility index (Phi) is 7.86. The highest BCUT2D eigenvalue weighted by Crippen LogP contribution is 2.09. The van der Waals surface area contributed by atoms with Gasteiger partial charge in [0.05, 0.1) is 6.61 Å². The first kappa shape index (κ1) is 15.3. The number of alkyl halides is 1. The van der Waals surface area contributed by atoms with E-state index in [-0.39, 0.29) is 0 Å². The highest BCUT2D eigenvalue weighted by atomic mass is 35.5. The molecule has 0 heterocycles. The van der Waals surface area contributed by atoms with Gasteiger partial charge in [0, 0.05) is 18.5 Å². The highest BCUT2D eigenvalue weighted by Gasteiger charge is 2.08. The van der Waals surface area contributed by atoms with Crippen molar-refractivity contribution in [3.63, 3.8) is 0 Å². The van der Waals surface area contributed by atoms with Crippen LogP contribution >= 0.6 is 11.6 Å². The molecule has 0 fully saturated rings. The monoisotopic (exact) mass is 269 g/mol. The van der Waals surface area contributed by atoms with Crippen LogP contribution in [0.5, 0.6) is 5.75 Å². The fraction of sp³-hybridized carbons (Fsp3) is 0.600. The number of hydrogen-bond acceptors (Lipinski definition) is 2. The Hall–Kier alpha value is -0.730. The summed E-state index contributed by atoms with van der Waals surface area (Å²) in [5.41, 5.74) is 0. The van der Waals surface area contributed by atoms with E-state index in [0.717, 1.165) is 44.2 Å². The molecular weight excluding hydrogens is 246 g/mol. The van der Waals surface area contributed by atoms with E-state index < -0.39 is 0 Å². The average Bonchev–Trinajstić information content (AvgIpc) is 2.38. The molecular formula is C15H24ClNO. The van der Waals surface area contributed by atoms with E-state index in [9.17, 15) is 0 Å². The summed E-state index contributed by atoms with van der Waals surface area (Å²) in [6.07, 6.45) is 2.11. The van der Waals surface area contributed by atoms with Crippen LogP contribution in [0.15, 0.2) is 30.3 Å². The molecule has 0 N–H and O–H groups in total. The third-order valence-corrected chi connectivity index (χ3v) is 3.18. The Morgan fingerprint density at radius 1 is 1.11 bits per heavy atom. The van der Waals surface area contributed by atoms with Crippen molar-refractivity contribution in [3.05, 3.63) is 30.3 Å². The van der Waals surface area contributed by atoms with Gasteiger partial charge in [0.25, 0.3) is 0 Å². The van der Waals surface area contributed by atoms with Gasteiger partial charge in [-0.05, 0) is 45.4 Å². The lowest BCUT2D eigenvalue weighted by Crippen LogP contribution is -2.33. The van der Waals surface area contributed by atoms with Crippen LogP contribution in [0.3, 0.4) is 0 Å². The summed E-state index contributed by atoms with van der Waals surface area (Å²) < 4.78 is 5.69. The quantitative estimate of drug-likeness (QED) is 0.500. The van der Waals surface area contributed by atoms with Gasteiger partial charge in [-0.15, -0.1) is 11.6 Å². The molecule has 0 radical (unpaired) electrons. The van der Waals surface area contributed by atoms with Gasteiger partial charge in [0.15, 0.2) is 0 Å². The summed E-state index contributed by atoms with van der Waals surface area (Å²) in [5, 5.41) is 0. The second-order valence-electron chi connectivity index (χ2n) is 4.69. The molecule has 0 aliphatic carbocycles. The van der Waals surface area contributed by atoms with Crippen LogP contribution in [-0.2, 0) is 0 Å². The topological polar surface area (TPSA) is 12.5 Å². The molecule has 0 saturated carbocycles. The van der Waals surface area contributed by atoms with Crippen molar-refractivity contribution >= 4 is 11.6 Å². The first-order chi connectivity index (χ1) is 8.74. The molecule has 0 aliphatic rings. The molecule has 0 aromatic heterocycles. The van der Waals surface area contributed by atoms with Gasteiger partial charge in [-0.1, -0.05) is 18.2 Å². The lowest BCUT2D eigenvalue weighted by molar-refractivity contribution is 0.198. The predicted molar refractivity (Wildman–Crippen MR) is 78.6 cm³/mol. The van der Waals surface area contributed by atoms with Gasteiger partial charge in [-0.25, -0.2) is 0 Å². The van der Waals surface area contributed by atoms with Gasteiger partial charge in [0.1, 0.15) is 5.75 Å². The molecule has 0 unspecified atom stereocenters. The summed E-state index contributed by atoms with van der Waals surface area (Å²) in [6, 6.07) is 10.6. The first-order valence-electron chi connectivity index (χ1n) is 6.72.